The highest BCUT2D eigenvalue weighted by Gasteiger charge is 2.11. The molecule has 1 rings (SSSR count). The lowest BCUT2D eigenvalue weighted by molar-refractivity contribution is 0.0467. The molecule has 1 aromatic rings. The molecular weight excluding hydrogens is 274 g/mol. The van der Waals surface area contributed by atoms with Crippen molar-refractivity contribution in [2.24, 2.45) is 0 Å². The van der Waals surface area contributed by atoms with Gasteiger partial charge in [0.05, 0.1) is 12.2 Å². The first-order chi connectivity index (χ1) is 7.65. The van der Waals surface area contributed by atoms with Gasteiger partial charge in [-0.05, 0) is 34.1 Å². The first-order valence-electron chi connectivity index (χ1n) is 4.86. The fourth-order valence-electron chi connectivity index (χ4n) is 1.15. The normalized spacial score (nSPS) is 10.1. The molecule has 0 aliphatic carbocycles. The van der Waals surface area contributed by atoms with E-state index < -0.39 is 0 Å². The van der Waals surface area contributed by atoms with Crippen molar-refractivity contribution in [3.05, 3.63) is 28.2 Å². The van der Waals surface area contributed by atoms with Crippen molar-refractivity contribution in [3.63, 3.8) is 0 Å². The summed E-state index contributed by atoms with van der Waals surface area (Å²) in [6.45, 7) is 0.916. The summed E-state index contributed by atoms with van der Waals surface area (Å²) in [6, 6.07) is 5.02. The number of esters is 1. The minimum atomic E-state index is -0.379. The summed E-state index contributed by atoms with van der Waals surface area (Å²) in [5.41, 5.74) is 6.57. The summed E-state index contributed by atoms with van der Waals surface area (Å²) in [5.74, 6) is -0.379. The van der Waals surface area contributed by atoms with Crippen molar-refractivity contribution in [2.75, 3.05) is 26.1 Å². The van der Waals surface area contributed by atoms with E-state index in [1.807, 2.05) is 0 Å². The highest BCUT2D eigenvalue weighted by molar-refractivity contribution is 9.10. The average molecular weight is 288 g/mol. The molecule has 0 aromatic heterocycles. The van der Waals surface area contributed by atoms with Crippen LogP contribution in [0.3, 0.4) is 0 Å². The van der Waals surface area contributed by atoms with Gasteiger partial charge in [-0.1, -0.05) is 0 Å². The first-order valence-corrected chi connectivity index (χ1v) is 5.65. The Kier molecular flexibility index (Phi) is 5.28. The molecule has 0 radical (unpaired) electrons. The van der Waals surface area contributed by atoms with Crippen molar-refractivity contribution in [1.29, 1.82) is 0 Å². The Balaban J connectivity index is 2.55. The van der Waals surface area contributed by atoms with Gasteiger partial charge in [0.1, 0.15) is 0 Å². The molecule has 2 N–H and O–H groups in total. The standard InChI is InChI=1S/C11H14BrNO3/c1-15-5-2-6-16-11(14)9-7-8(13)3-4-10(9)12/h3-4,7H,2,5-6,13H2,1H3. The van der Waals surface area contributed by atoms with Crippen LogP contribution in [0.25, 0.3) is 0 Å². The molecule has 0 saturated carbocycles. The zero-order valence-electron chi connectivity index (χ0n) is 9.03. The van der Waals surface area contributed by atoms with Crippen LogP contribution in [0.2, 0.25) is 0 Å². The second kappa shape index (κ2) is 6.50. The van der Waals surface area contributed by atoms with E-state index in [-0.39, 0.29) is 5.97 Å². The average Bonchev–Trinajstić information content (AvgIpc) is 2.27. The van der Waals surface area contributed by atoms with Gasteiger partial charge in [0.2, 0.25) is 0 Å². The highest BCUT2D eigenvalue weighted by Crippen LogP contribution is 2.20. The van der Waals surface area contributed by atoms with E-state index in [1.54, 1.807) is 25.3 Å². The van der Waals surface area contributed by atoms with Crippen molar-refractivity contribution in [1.82, 2.24) is 0 Å². The number of benzene rings is 1. The van der Waals surface area contributed by atoms with Gasteiger partial charge in [0.15, 0.2) is 0 Å². The Morgan fingerprint density at radius 3 is 2.88 bits per heavy atom. The number of anilines is 1. The Hall–Kier alpha value is -1.07. The number of carbonyl (C=O) groups is 1. The number of nitrogens with two attached hydrogens (primary N) is 1. The number of halogens is 1. The largest absolute Gasteiger partial charge is 0.462 e. The molecule has 88 valence electrons. The predicted molar refractivity (Wildman–Crippen MR) is 65.3 cm³/mol. The zero-order valence-corrected chi connectivity index (χ0v) is 10.6. The molecule has 0 atom stereocenters. The van der Waals surface area contributed by atoms with E-state index in [0.29, 0.717) is 35.4 Å². The van der Waals surface area contributed by atoms with Gasteiger partial charge in [-0.15, -0.1) is 0 Å². The first kappa shape index (κ1) is 13.0. The number of hydrogen-bond acceptors (Lipinski definition) is 4. The smallest absolute Gasteiger partial charge is 0.339 e. The molecule has 16 heavy (non-hydrogen) atoms. The van der Waals surface area contributed by atoms with Crippen molar-refractivity contribution in [3.8, 4) is 0 Å². The van der Waals surface area contributed by atoms with E-state index in [0.717, 1.165) is 0 Å². The Morgan fingerprint density at radius 1 is 1.44 bits per heavy atom. The lowest BCUT2D eigenvalue weighted by atomic mass is 10.2. The van der Waals surface area contributed by atoms with Gasteiger partial charge in [-0.2, -0.15) is 0 Å². The van der Waals surface area contributed by atoms with Crippen LogP contribution in [-0.4, -0.2) is 26.3 Å². The fraction of sp³-hybridized carbons (Fsp3) is 0.364. The van der Waals surface area contributed by atoms with Crippen LogP contribution >= 0.6 is 15.9 Å². The molecule has 5 heteroatoms. The second-order valence-corrected chi connectivity index (χ2v) is 4.08. The van der Waals surface area contributed by atoms with Gasteiger partial charge < -0.3 is 15.2 Å². The quantitative estimate of drug-likeness (QED) is 0.512. The van der Waals surface area contributed by atoms with Crippen LogP contribution in [0.4, 0.5) is 5.69 Å². The lowest BCUT2D eigenvalue weighted by Crippen LogP contribution is -2.09. The van der Waals surface area contributed by atoms with Crippen LogP contribution in [0.5, 0.6) is 0 Å². The number of hydrogen-bond donors (Lipinski definition) is 1. The zero-order chi connectivity index (χ0) is 12.0. The SMILES string of the molecule is COCCCOC(=O)c1cc(N)ccc1Br. The number of rotatable bonds is 5. The fourth-order valence-corrected chi connectivity index (χ4v) is 1.55. The summed E-state index contributed by atoms with van der Waals surface area (Å²) in [4.78, 5) is 11.6. The summed E-state index contributed by atoms with van der Waals surface area (Å²) in [7, 11) is 1.61. The van der Waals surface area contributed by atoms with E-state index in [9.17, 15) is 4.79 Å². The molecule has 0 amide bonds. The van der Waals surface area contributed by atoms with Crippen LogP contribution in [0.15, 0.2) is 22.7 Å². The summed E-state index contributed by atoms with van der Waals surface area (Å²) < 4.78 is 10.6. The maximum atomic E-state index is 11.6. The van der Waals surface area contributed by atoms with Crippen LogP contribution in [0, 0.1) is 0 Å². The van der Waals surface area contributed by atoms with Gasteiger partial charge >= 0.3 is 5.97 Å². The van der Waals surface area contributed by atoms with Gasteiger partial charge in [0.25, 0.3) is 0 Å². The Labute approximate surface area is 103 Å². The van der Waals surface area contributed by atoms with Gasteiger partial charge in [-0.25, -0.2) is 4.79 Å². The van der Waals surface area contributed by atoms with Crippen LogP contribution < -0.4 is 5.73 Å². The summed E-state index contributed by atoms with van der Waals surface area (Å²) in [6.07, 6.45) is 0.683. The third kappa shape index (κ3) is 3.83. The predicted octanol–water partition coefficient (Wildman–Crippen LogP) is 2.22. The Bertz CT molecular complexity index is 368. The second-order valence-electron chi connectivity index (χ2n) is 3.22. The summed E-state index contributed by atoms with van der Waals surface area (Å²) >= 11 is 3.27. The third-order valence-electron chi connectivity index (χ3n) is 1.94. The molecule has 0 bridgehead atoms. The van der Waals surface area contributed by atoms with E-state index in [2.05, 4.69) is 15.9 Å². The van der Waals surface area contributed by atoms with Crippen molar-refractivity contribution >= 4 is 27.6 Å². The minimum absolute atomic E-state index is 0.341. The molecule has 0 unspecified atom stereocenters. The Morgan fingerprint density at radius 2 is 2.19 bits per heavy atom. The maximum absolute atomic E-state index is 11.6. The number of carbonyl (C=O) groups excluding carboxylic acids is 1. The molecule has 1 aromatic carbocycles. The molecule has 0 aliphatic rings. The van der Waals surface area contributed by atoms with Gasteiger partial charge in [-0.3, -0.25) is 0 Å². The van der Waals surface area contributed by atoms with Gasteiger partial charge in [0, 0.05) is 30.3 Å². The number of methoxy groups -OCH3 is 1. The lowest BCUT2D eigenvalue weighted by Gasteiger charge is -2.06. The minimum Gasteiger partial charge on any atom is -0.462 e. The van der Waals surface area contributed by atoms with E-state index >= 15 is 0 Å². The third-order valence-corrected chi connectivity index (χ3v) is 2.63. The summed E-state index contributed by atoms with van der Waals surface area (Å²) in [5, 5.41) is 0. The molecule has 0 saturated heterocycles. The number of nitrogen functional groups attached to an aromatic ring is 1. The van der Waals surface area contributed by atoms with Crippen LogP contribution in [-0.2, 0) is 9.47 Å². The monoisotopic (exact) mass is 287 g/mol. The topological polar surface area (TPSA) is 61.5 Å². The molecule has 4 nitrogen and oxygen atoms in total. The molecule has 0 fully saturated rings. The molecule has 0 aliphatic heterocycles. The maximum Gasteiger partial charge on any atom is 0.339 e. The van der Waals surface area contributed by atoms with E-state index in [4.69, 9.17) is 15.2 Å². The van der Waals surface area contributed by atoms with E-state index in [1.165, 1.54) is 0 Å². The highest BCUT2D eigenvalue weighted by atomic mass is 79.9. The van der Waals surface area contributed by atoms with Crippen LogP contribution in [0.1, 0.15) is 16.8 Å². The number of ether oxygens (including phenoxy) is 2. The molecular formula is C11H14BrNO3. The molecule has 0 spiro atoms. The molecule has 0 heterocycles. The van der Waals surface area contributed by atoms with Crippen molar-refractivity contribution < 1.29 is 14.3 Å². The van der Waals surface area contributed by atoms with Crippen molar-refractivity contribution in [2.45, 2.75) is 6.42 Å².